The van der Waals surface area contributed by atoms with E-state index in [1.807, 2.05) is 0 Å². The Morgan fingerprint density at radius 3 is 2.25 bits per heavy atom. The summed E-state index contributed by atoms with van der Waals surface area (Å²) in [7, 11) is 0. The number of aliphatic hydroxyl groups is 3. The lowest BCUT2D eigenvalue weighted by Crippen LogP contribution is -2.33. The Balaban J connectivity index is 2.53. The predicted molar refractivity (Wildman–Crippen MR) is 42.6 cm³/mol. The van der Waals surface area contributed by atoms with E-state index in [9.17, 15) is 10.2 Å². The zero-order valence-electron chi connectivity index (χ0n) is 6.76. The Hall–Kier alpha value is -0.420. The van der Waals surface area contributed by atoms with E-state index in [-0.39, 0.29) is 6.61 Å². The molecular weight excluding hydrogens is 160 g/mol. The highest BCUT2D eigenvalue weighted by Crippen LogP contribution is 2.23. The Morgan fingerprint density at radius 1 is 1.25 bits per heavy atom. The summed E-state index contributed by atoms with van der Waals surface area (Å²) >= 11 is 0. The molecule has 12 heavy (non-hydrogen) atoms. The summed E-state index contributed by atoms with van der Waals surface area (Å²) in [5, 5.41) is 27.4. The highest BCUT2D eigenvalue weighted by molar-refractivity contribution is 4.93. The Kier molecular flexibility index (Phi) is 3.22. The molecule has 0 radical (unpaired) electrons. The monoisotopic (exact) mass is 174 g/mol. The smallest absolute Gasteiger partial charge is 0.111 e. The molecule has 1 heterocycles. The van der Waals surface area contributed by atoms with Crippen molar-refractivity contribution < 1.29 is 20.1 Å². The lowest BCUT2D eigenvalue weighted by Gasteiger charge is -2.11. The molecule has 1 fully saturated rings. The summed E-state index contributed by atoms with van der Waals surface area (Å²) in [5.41, 5.74) is 0. The van der Waals surface area contributed by atoms with Gasteiger partial charge in [0, 0.05) is 0 Å². The number of hydrogen-bond donors (Lipinski definition) is 3. The van der Waals surface area contributed by atoms with Crippen LogP contribution in [0.4, 0.5) is 0 Å². The van der Waals surface area contributed by atoms with Crippen LogP contribution in [0.25, 0.3) is 0 Å². The molecule has 1 saturated heterocycles. The van der Waals surface area contributed by atoms with E-state index >= 15 is 0 Å². The number of rotatable bonds is 3. The zero-order valence-corrected chi connectivity index (χ0v) is 6.76. The molecule has 4 nitrogen and oxygen atoms in total. The molecule has 0 aliphatic carbocycles. The first-order chi connectivity index (χ1) is 5.70. The van der Waals surface area contributed by atoms with Gasteiger partial charge in [0.2, 0.25) is 0 Å². The Labute approximate surface area is 71.1 Å². The molecule has 0 aromatic heterocycles. The molecule has 0 aromatic carbocycles. The summed E-state index contributed by atoms with van der Waals surface area (Å²) in [6.07, 6.45) is -0.908. The van der Waals surface area contributed by atoms with Gasteiger partial charge in [-0.1, -0.05) is 6.08 Å². The molecule has 0 spiro atoms. The summed E-state index contributed by atoms with van der Waals surface area (Å²) < 4.78 is 5.15. The number of hydrogen-bond acceptors (Lipinski definition) is 4. The van der Waals surface area contributed by atoms with Crippen LogP contribution in [0.1, 0.15) is 6.42 Å². The fraction of sp³-hybridized carbons (Fsp3) is 0.750. The highest BCUT2D eigenvalue weighted by Gasteiger charge is 2.41. The van der Waals surface area contributed by atoms with E-state index in [1.54, 1.807) is 6.08 Å². The van der Waals surface area contributed by atoms with Crippen molar-refractivity contribution >= 4 is 0 Å². The zero-order chi connectivity index (χ0) is 9.14. The van der Waals surface area contributed by atoms with Crippen molar-refractivity contribution in [3.8, 4) is 0 Å². The van der Waals surface area contributed by atoms with E-state index in [2.05, 4.69) is 6.58 Å². The molecule has 1 rings (SSSR count). The van der Waals surface area contributed by atoms with Crippen LogP contribution in [0.5, 0.6) is 0 Å². The van der Waals surface area contributed by atoms with Crippen molar-refractivity contribution in [1.82, 2.24) is 0 Å². The van der Waals surface area contributed by atoms with Crippen LogP contribution in [0, 0.1) is 0 Å². The maximum absolute atomic E-state index is 9.36. The molecule has 4 heteroatoms. The third kappa shape index (κ3) is 1.67. The molecular formula is C8H14O4. The van der Waals surface area contributed by atoms with Crippen LogP contribution in [0.15, 0.2) is 12.7 Å². The van der Waals surface area contributed by atoms with Gasteiger partial charge in [-0.3, -0.25) is 0 Å². The SMILES string of the molecule is C=CC[C@@H]1O[C@H](CO)[C@H](O)[C@@H]1O. The van der Waals surface area contributed by atoms with Crippen molar-refractivity contribution in [3.05, 3.63) is 12.7 Å². The molecule has 1 aliphatic heterocycles. The van der Waals surface area contributed by atoms with Crippen molar-refractivity contribution in [2.45, 2.75) is 30.8 Å². The van der Waals surface area contributed by atoms with Crippen LogP contribution in [0.2, 0.25) is 0 Å². The second-order valence-electron chi connectivity index (χ2n) is 2.90. The summed E-state index contributed by atoms with van der Waals surface area (Å²) in [6.45, 7) is 3.23. The summed E-state index contributed by atoms with van der Waals surface area (Å²) in [6, 6.07) is 0. The maximum Gasteiger partial charge on any atom is 0.111 e. The molecule has 0 amide bonds. The summed E-state index contributed by atoms with van der Waals surface area (Å²) in [4.78, 5) is 0. The van der Waals surface area contributed by atoms with Gasteiger partial charge in [-0.15, -0.1) is 6.58 Å². The minimum atomic E-state index is -0.986. The molecule has 0 aromatic rings. The predicted octanol–water partition coefficient (Wildman–Crippen LogP) is -0.956. The molecule has 3 N–H and O–H groups in total. The standard InChI is InChI=1S/C8H14O4/c1-2-3-5-7(10)8(11)6(4-9)12-5/h2,5-11H,1,3-4H2/t5-,6+,7+,8-/m0/s1. The van der Waals surface area contributed by atoms with Gasteiger partial charge < -0.3 is 20.1 Å². The van der Waals surface area contributed by atoms with Crippen LogP contribution >= 0.6 is 0 Å². The molecule has 0 unspecified atom stereocenters. The fourth-order valence-electron chi connectivity index (χ4n) is 1.34. The fourth-order valence-corrected chi connectivity index (χ4v) is 1.34. The molecule has 0 saturated carbocycles. The third-order valence-electron chi connectivity index (χ3n) is 2.04. The topological polar surface area (TPSA) is 69.9 Å². The van der Waals surface area contributed by atoms with Crippen molar-refractivity contribution in [1.29, 1.82) is 0 Å². The van der Waals surface area contributed by atoms with Gasteiger partial charge >= 0.3 is 0 Å². The van der Waals surface area contributed by atoms with E-state index in [0.29, 0.717) is 6.42 Å². The average molecular weight is 174 g/mol. The van der Waals surface area contributed by atoms with E-state index in [0.717, 1.165) is 0 Å². The van der Waals surface area contributed by atoms with Gasteiger partial charge in [-0.25, -0.2) is 0 Å². The first-order valence-corrected chi connectivity index (χ1v) is 3.94. The van der Waals surface area contributed by atoms with Gasteiger partial charge in [0.1, 0.15) is 18.3 Å². The Morgan fingerprint density at radius 2 is 1.83 bits per heavy atom. The molecule has 70 valence electrons. The third-order valence-corrected chi connectivity index (χ3v) is 2.04. The van der Waals surface area contributed by atoms with Crippen molar-refractivity contribution in [3.63, 3.8) is 0 Å². The van der Waals surface area contributed by atoms with Crippen LogP contribution in [-0.4, -0.2) is 46.3 Å². The Bertz CT molecular complexity index is 159. The first kappa shape index (κ1) is 9.67. The lowest BCUT2D eigenvalue weighted by molar-refractivity contribution is -0.0208. The van der Waals surface area contributed by atoms with Crippen LogP contribution in [-0.2, 0) is 4.74 Å². The largest absolute Gasteiger partial charge is 0.394 e. The van der Waals surface area contributed by atoms with Gasteiger partial charge in [0.25, 0.3) is 0 Å². The van der Waals surface area contributed by atoms with Crippen molar-refractivity contribution in [2.75, 3.05) is 6.61 Å². The van der Waals surface area contributed by atoms with Crippen molar-refractivity contribution in [2.24, 2.45) is 0 Å². The minimum Gasteiger partial charge on any atom is -0.394 e. The number of aliphatic hydroxyl groups excluding tert-OH is 3. The quantitative estimate of drug-likeness (QED) is 0.482. The van der Waals surface area contributed by atoms with Crippen LogP contribution in [0.3, 0.4) is 0 Å². The molecule has 0 bridgehead atoms. The van der Waals surface area contributed by atoms with Gasteiger partial charge in [-0.05, 0) is 6.42 Å². The minimum absolute atomic E-state index is 0.272. The van der Waals surface area contributed by atoms with Gasteiger partial charge in [0.05, 0.1) is 12.7 Å². The van der Waals surface area contributed by atoms with Gasteiger partial charge in [0.15, 0.2) is 0 Å². The lowest BCUT2D eigenvalue weighted by atomic mass is 10.1. The average Bonchev–Trinajstić information content (AvgIpc) is 2.33. The molecule has 4 atom stereocenters. The van der Waals surface area contributed by atoms with E-state index < -0.39 is 24.4 Å². The second kappa shape index (κ2) is 4.00. The van der Waals surface area contributed by atoms with E-state index in [4.69, 9.17) is 9.84 Å². The normalized spacial score (nSPS) is 41.6. The van der Waals surface area contributed by atoms with E-state index in [1.165, 1.54) is 0 Å². The maximum atomic E-state index is 9.36. The second-order valence-corrected chi connectivity index (χ2v) is 2.90. The van der Waals surface area contributed by atoms with Gasteiger partial charge in [-0.2, -0.15) is 0 Å². The molecule has 1 aliphatic rings. The summed E-state index contributed by atoms with van der Waals surface area (Å²) in [5.74, 6) is 0. The number of ether oxygens (including phenoxy) is 1. The first-order valence-electron chi connectivity index (χ1n) is 3.94. The van der Waals surface area contributed by atoms with Crippen LogP contribution < -0.4 is 0 Å². The highest BCUT2D eigenvalue weighted by atomic mass is 16.6.